The van der Waals surface area contributed by atoms with Crippen LogP contribution in [0.1, 0.15) is 27.8 Å². The second-order valence-corrected chi connectivity index (χ2v) is 4.34. The average Bonchev–Trinajstić information content (AvgIpc) is 2.99. The lowest BCUT2D eigenvalue weighted by molar-refractivity contribution is -0.114. The molecule has 1 amide bonds. The Labute approximate surface area is 121 Å². The lowest BCUT2D eigenvalue weighted by atomic mass is 10.1. The van der Waals surface area contributed by atoms with E-state index >= 15 is 0 Å². The Morgan fingerprint density at radius 2 is 1.86 bits per heavy atom. The number of carbonyl (C=O) groups excluding carboxylic acids is 3. The van der Waals surface area contributed by atoms with Crippen LogP contribution >= 0.6 is 0 Å². The van der Waals surface area contributed by atoms with E-state index in [1.54, 1.807) is 42.6 Å². The van der Waals surface area contributed by atoms with Gasteiger partial charge in [0.25, 0.3) is 0 Å². The minimum absolute atomic E-state index is 0.186. The van der Waals surface area contributed by atoms with E-state index in [2.05, 4.69) is 10.3 Å². The van der Waals surface area contributed by atoms with Crippen molar-refractivity contribution in [3.63, 3.8) is 0 Å². The third-order valence-electron chi connectivity index (χ3n) is 2.68. The van der Waals surface area contributed by atoms with E-state index in [9.17, 15) is 14.4 Å². The number of amides is 1. The van der Waals surface area contributed by atoms with Gasteiger partial charge in [-0.2, -0.15) is 0 Å². The summed E-state index contributed by atoms with van der Waals surface area (Å²) in [4.78, 5) is 37.0. The van der Waals surface area contributed by atoms with Gasteiger partial charge in [0, 0.05) is 24.4 Å². The van der Waals surface area contributed by atoms with Crippen LogP contribution in [0.25, 0.3) is 0 Å². The number of anilines is 1. The van der Waals surface area contributed by atoms with Gasteiger partial charge in [0.2, 0.25) is 5.91 Å². The molecule has 0 fully saturated rings. The van der Waals surface area contributed by atoms with Gasteiger partial charge in [-0.15, -0.1) is 0 Å². The van der Waals surface area contributed by atoms with Gasteiger partial charge in [-0.05, 0) is 36.4 Å². The molecule has 0 aliphatic carbocycles. The quantitative estimate of drug-likeness (QED) is 0.650. The first-order valence-corrected chi connectivity index (χ1v) is 6.27. The number of H-pyrrole nitrogens is 1. The van der Waals surface area contributed by atoms with Crippen molar-refractivity contribution in [3.05, 3.63) is 53.9 Å². The third kappa shape index (κ3) is 4.04. The van der Waals surface area contributed by atoms with E-state index in [0.29, 0.717) is 16.9 Å². The number of hydrogen-bond acceptors (Lipinski definition) is 4. The smallest absolute Gasteiger partial charge is 0.355 e. The summed E-state index contributed by atoms with van der Waals surface area (Å²) in [5.41, 5.74) is 1.30. The Balaban J connectivity index is 1.91. The van der Waals surface area contributed by atoms with Gasteiger partial charge >= 0.3 is 5.97 Å². The molecule has 2 aromatic rings. The van der Waals surface area contributed by atoms with Crippen LogP contribution in [0.3, 0.4) is 0 Å². The summed E-state index contributed by atoms with van der Waals surface area (Å²) in [6.07, 6.45) is 1.60. The largest absolute Gasteiger partial charge is 0.453 e. The maximum atomic E-state index is 11.9. The van der Waals surface area contributed by atoms with E-state index in [1.165, 1.54) is 6.92 Å². The van der Waals surface area contributed by atoms with Crippen molar-refractivity contribution in [3.8, 4) is 0 Å². The molecule has 0 unspecified atom stereocenters. The molecule has 0 radical (unpaired) electrons. The first-order valence-electron chi connectivity index (χ1n) is 6.27. The van der Waals surface area contributed by atoms with Gasteiger partial charge in [0.05, 0.1) is 0 Å². The maximum absolute atomic E-state index is 11.9. The Morgan fingerprint density at radius 3 is 2.43 bits per heavy atom. The van der Waals surface area contributed by atoms with Gasteiger partial charge in [-0.3, -0.25) is 9.59 Å². The summed E-state index contributed by atoms with van der Waals surface area (Å²) < 4.78 is 4.91. The lowest BCUT2D eigenvalue weighted by Crippen LogP contribution is -2.14. The number of esters is 1. The number of ketones is 1. The number of aromatic nitrogens is 1. The number of rotatable bonds is 5. The molecular weight excluding hydrogens is 272 g/mol. The number of aromatic amines is 1. The van der Waals surface area contributed by atoms with Gasteiger partial charge in [0.1, 0.15) is 5.69 Å². The lowest BCUT2D eigenvalue weighted by Gasteiger charge is -2.05. The Morgan fingerprint density at radius 1 is 1.14 bits per heavy atom. The number of carbonyl (C=O) groups is 3. The molecule has 6 nitrogen and oxygen atoms in total. The molecule has 0 spiro atoms. The topological polar surface area (TPSA) is 88.3 Å². The normalized spacial score (nSPS) is 9.95. The van der Waals surface area contributed by atoms with Crippen LogP contribution in [-0.2, 0) is 9.53 Å². The van der Waals surface area contributed by atoms with Crippen LogP contribution in [0.4, 0.5) is 5.69 Å². The van der Waals surface area contributed by atoms with E-state index in [4.69, 9.17) is 4.74 Å². The predicted molar refractivity (Wildman–Crippen MR) is 76.2 cm³/mol. The molecule has 0 aliphatic rings. The molecule has 1 heterocycles. The molecule has 108 valence electrons. The van der Waals surface area contributed by atoms with Crippen molar-refractivity contribution in [2.75, 3.05) is 11.9 Å². The van der Waals surface area contributed by atoms with Crippen molar-refractivity contribution in [1.29, 1.82) is 0 Å². The van der Waals surface area contributed by atoms with Crippen LogP contribution in [-0.4, -0.2) is 29.3 Å². The summed E-state index contributed by atoms with van der Waals surface area (Å²) in [6.45, 7) is 1.07. The molecule has 0 atom stereocenters. The van der Waals surface area contributed by atoms with Crippen molar-refractivity contribution in [2.45, 2.75) is 6.92 Å². The van der Waals surface area contributed by atoms with Crippen LogP contribution in [0, 0.1) is 0 Å². The van der Waals surface area contributed by atoms with Crippen LogP contribution in [0.15, 0.2) is 42.6 Å². The van der Waals surface area contributed by atoms with Crippen molar-refractivity contribution in [2.24, 2.45) is 0 Å². The van der Waals surface area contributed by atoms with Crippen LogP contribution in [0.5, 0.6) is 0 Å². The maximum Gasteiger partial charge on any atom is 0.355 e. The van der Waals surface area contributed by atoms with Gasteiger partial charge in [0.15, 0.2) is 12.4 Å². The van der Waals surface area contributed by atoms with Crippen LogP contribution < -0.4 is 5.32 Å². The summed E-state index contributed by atoms with van der Waals surface area (Å²) >= 11 is 0. The minimum atomic E-state index is -0.580. The van der Waals surface area contributed by atoms with E-state index < -0.39 is 5.97 Å². The van der Waals surface area contributed by atoms with Gasteiger partial charge in [-0.1, -0.05) is 0 Å². The highest BCUT2D eigenvalue weighted by atomic mass is 16.5. The first kappa shape index (κ1) is 14.5. The average molecular weight is 286 g/mol. The molecule has 0 aliphatic heterocycles. The zero-order chi connectivity index (χ0) is 15.2. The number of Topliss-reactive ketones (excluding diaryl/α,β-unsaturated/α-hetero) is 1. The van der Waals surface area contributed by atoms with Crippen LogP contribution in [0.2, 0.25) is 0 Å². The first-order chi connectivity index (χ1) is 10.1. The highest BCUT2D eigenvalue weighted by molar-refractivity contribution is 5.99. The van der Waals surface area contributed by atoms with Gasteiger partial charge in [-0.25, -0.2) is 4.79 Å². The minimum Gasteiger partial charge on any atom is -0.453 e. The van der Waals surface area contributed by atoms with Gasteiger partial charge < -0.3 is 15.0 Å². The molecular formula is C15H14N2O4. The second kappa shape index (κ2) is 6.51. The molecule has 0 bridgehead atoms. The molecule has 2 N–H and O–H groups in total. The van der Waals surface area contributed by atoms with E-state index in [1.807, 2.05) is 0 Å². The SMILES string of the molecule is CC(=O)Nc1ccc(C(=O)COC(=O)c2ccc[nH]2)cc1. The van der Waals surface area contributed by atoms with Crippen molar-refractivity contribution < 1.29 is 19.1 Å². The number of ether oxygens (including phenoxy) is 1. The van der Waals surface area contributed by atoms with Crippen molar-refractivity contribution in [1.82, 2.24) is 4.98 Å². The molecule has 0 saturated heterocycles. The van der Waals surface area contributed by atoms with E-state index in [-0.39, 0.29) is 18.3 Å². The molecule has 1 aromatic carbocycles. The number of hydrogen-bond donors (Lipinski definition) is 2. The number of benzene rings is 1. The third-order valence-corrected chi connectivity index (χ3v) is 2.68. The second-order valence-electron chi connectivity index (χ2n) is 4.34. The summed E-state index contributed by atoms with van der Waals surface area (Å²) in [7, 11) is 0. The summed E-state index contributed by atoms with van der Waals surface area (Å²) in [5.74, 6) is -1.08. The standard InChI is InChI=1S/C15H14N2O4/c1-10(18)17-12-6-4-11(5-7-12)14(19)9-21-15(20)13-3-2-8-16-13/h2-8,16H,9H2,1H3,(H,17,18). The fourth-order valence-corrected chi connectivity index (χ4v) is 1.69. The predicted octanol–water partition coefficient (Wildman–Crippen LogP) is 2.01. The molecule has 6 heteroatoms. The summed E-state index contributed by atoms with van der Waals surface area (Å²) in [6, 6.07) is 9.59. The highest BCUT2D eigenvalue weighted by Gasteiger charge is 2.12. The summed E-state index contributed by atoms with van der Waals surface area (Å²) in [5, 5.41) is 2.60. The zero-order valence-corrected chi connectivity index (χ0v) is 11.4. The fourth-order valence-electron chi connectivity index (χ4n) is 1.69. The Bertz CT molecular complexity index is 645. The fraction of sp³-hybridized carbons (Fsp3) is 0.133. The Kier molecular flexibility index (Phi) is 4.50. The monoisotopic (exact) mass is 286 g/mol. The molecule has 0 saturated carbocycles. The molecule has 2 rings (SSSR count). The zero-order valence-electron chi connectivity index (χ0n) is 11.4. The highest BCUT2D eigenvalue weighted by Crippen LogP contribution is 2.10. The van der Waals surface area contributed by atoms with E-state index in [0.717, 1.165) is 0 Å². The molecule has 21 heavy (non-hydrogen) atoms. The molecule has 1 aromatic heterocycles. The number of nitrogens with one attached hydrogen (secondary N) is 2. The Hall–Kier alpha value is -2.89. The van der Waals surface area contributed by atoms with Crippen molar-refractivity contribution >= 4 is 23.3 Å².